The summed E-state index contributed by atoms with van der Waals surface area (Å²) >= 11 is 0. The molecule has 0 radical (unpaired) electrons. The van der Waals surface area contributed by atoms with E-state index in [1.807, 2.05) is 39.8 Å². The van der Waals surface area contributed by atoms with Crippen LogP contribution in [0.1, 0.15) is 37.0 Å². The Labute approximate surface area is 142 Å². The fraction of sp³-hybridized carbons (Fsp3) is 0.647. The maximum Gasteiger partial charge on any atom is 0.0682 e. The quantitative estimate of drug-likeness (QED) is 0.638. The molecule has 0 heterocycles. The van der Waals surface area contributed by atoms with E-state index in [0.29, 0.717) is 0 Å². The summed E-state index contributed by atoms with van der Waals surface area (Å²) in [5, 5.41) is 18.6. The van der Waals surface area contributed by atoms with Gasteiger partial charge < -0.3 is 15.1 Å². The molecule has 22 heavy (non-hydrogen) atoms. The van der Waals surface area contributed by atoms with Crippen LogP contribution in [-0.2, 0) is 19.6 Å². The zero-order chi connectivity index (χ0) is 16.6. The third-order valence-corrected chi connectivity index (χ3v) is 6.04. The SMILES string of the molecule is CSSC(C)(C)CN(C)CCCc1cc(CO)cc(CO)c1. The third-order valence-electron chi connectivity index (χ3n) is 3.44. The van der Waals surface area contributed by atoms with E-state index < -0.39 is 0 Å². The molecule has 126 valence electrons. The van der Waals surface area contributed by atoms with Crippen LogP contribution in [0.5, 0.6) is 0 Å². The van der Waals surface area contributed by atoms with Crippen LogP contribution in [0.15, 0.2) is 18.2 Å². The van der Waals surface area contributed by atoms with Gasteiger partial charge in [-0.15, -0.1) is 0 Å². The smallest absolute Gasteiger partial charge is 0.0682 e. The number of aliphatic hydroxyl groups excluding tert-OH is 2. The summed E-state index contributed by atoms with van der Waals surface area (Å²) in [7, 11) is 5.92. The number of rotatable bonds is 10. The first kappa shape index (κ1) is 19.8. The van der Waals surface area contributed by atoms with E-state index in [4.69, 9.17) is 0 Å². The Morgan fingerprint density at radius 3 is 2.09 bits per heavy atom. The average molecular weight is 344 g/mol. The van der Waals surface area contributed by atoms with Crippen LogP contribution in [0, 0.1) is 0 Å². The van der Waals surface area contributed by atoms with Gasteiger partial charge in [-0.25, -0.2) is 0 Å². The highest BCUT2D eigenvalue weighted by Gasteiger charge is 2.20. The first-order chi connectivity index (χ1) is 10.4. The Morgan fingerprint density at radius 2 is 1.59 bits per heavy atom. The van der Waals surface area contributed by atoms with Gasteiger partial charge in [0.1, 0.15) is 0 Å². The van der Waals surface area contributed by atoms with Gasteiger partial charge in [0.05, 0.1) is 13.2 Å². The van der Waals surface area contributed by atoms with E-state index in [9.17, 15) is 10.2 Å². The molecule has 1 aromatic rings. The predicted octanol–water partition coefficient (Wildman–Crippen LogP) is 3.33. The summed E-state index contributed by atoms with van der Waals surface area (Å²) in [4.78, 5) is 2.38. The molecule has 0 unspecified atom stereocenters. The lowest BCUT2D eigenvalue weighted by atomic mass is 10.0. The lowest BCUT2D eigenvalue weighted by Gasteiger charge is -2.28. The minimum absolute atomic E-state index is 0.0286. The largest absolute Gasteiger partial charge is 0.392 e. The lowest BCUT2D eigenvalue weighted by Crippen LogP contribution is -2.34. The Morgan fingerprint density at radius 1 is 1.05 bits per heavy atom. The van der Waals surface area contributed by atoms with Crippen LogP contribution in [0.4, 0.5) is 0 Å². The summed E-state index contributed by atoms with van der Waals surface area (Å²) in [5.74, 6) is 0. The van der Waals surface area contributed by atoms with E-state index in [1.165, 1.54) is 5.56 Å². The molecule has 1 aromatic carbocycles. The van der Waals surface area contributed by atoms with Crippen molar-refractivity contribution in [3.05, 3.63) is 34.9 Å². The van der Waals surface area contributed by atoms with Crippen LogP contribution in [0.25, 0.3) is 0 Å². The van der Waals surface area contributed by atoms with E-state index in [2.05, 4.69) is 32.1 Å². The van der Waals surface area contributed by atoms with Gasteiger partial charge in [-0.1, -0.05) is 39.8 Å². The fourth-order valence-corrected chi connectivity index (χ4v) is 4.94. The van der Waals surface area contributed by atoms with Crippen molar-refractivity contribution in [2.24, 2.45) is 0 Å². The third kappa shape index (κ3) is 7.38. The molecule has 0 saturated carbocycles. The number of hydrogen-bond donors (Lipinski definition) is 2. The lowest BCUT2D eigenvalue weighted by molar-refractivity contribution is 0.275. The normalized spacial score (nSPS) is 12.1. The highest BCUT2D eigenvalue weighted by molar-refractivity contribution is 8.76. The molecule has 0 saturated heterocycles. The molecule has 2 N–H and O–H groups in total. The molecule has 0 amide bonds. The van der Waals surface area contributed by atoms with Crippen molar-refractivity contribution >= 4 is 21.6 Å². The summed E-state index contributed by atoms with van der Waals surface area (Å²) in [5.41, 5.74) is 2.96. The van der Waals surface area contributed by atoms with E-state index >= 15 is 0 Å². The maximum atomic E-state index is 9.28. The van der Waals surface area contributed by atoms with Gasteiger partial charge in [-0.2, -0.15) is 0 Å². The van der Waals surface area contributed by atoms with Crippen LogP contribution in [0.3, 0.4) is 0 Å². The second kappa shape index (κ2) is 9.83. The zero-order valence-corrected chi connectivity index (χ0v) is 15.8. The van der Waals surface area contributed by atoms with Gasteiger partial charge in [0.15, 0.2) is 0 Å². The Hall–Kier alpha value is -0.200. The van der Waals surface area contributed by atoms with Crippen LogP contribution < -0.4 is 0 Å². The van der Waals surface area contributed by atoms with Crippen molar-refractivity contribution < 1.29 is 10.2 Å². The molecule has 0 spiro atoms. The van der Waals surface area contributed by atoms with Gasteiger partial charge in [-0.05, 0) is 63.2 Å². The van der Waals surface area contributed by atoms with Crippen molar-refractivity contribution in [1.82, 2.24) is 4.90 Å². The Kier molecular flexibility index (Phi) is 8.87. The summed E-state index contributed by atoms with van der Waals surface area (Å²) in [6.45, 7) is 6.74. The van der Waals surface area contributed by atoms with Gasteiger partial charge in [-0.3, -0.25) is 0 Å². The summed E-state index contributed by atoms with van der Waals surface area (Å²) in [6.07, 6.45) is 4.18. The first-order valence-electron chi connectivity index (χ1n) is 7.64. The molecule has 0 aromatic heterocycles. The Bertz CT molecular complexity index is 430. The molecular formula is C17H29NO2S2. The Balaban J connectivity index is 2.46. The van der Waals surface area contributed by atoms with Crippen molar-refractivity contribution in [2.75, 3.05) is 26.4 Å². The van der Waals surface area contributed by atoms with E-state index in [0.717, 1.165) is 37.1 Å². The topological polar surface area (TPSA) is 43.7 Å². The average Bonchev–Trinajstić information content (AvgIpc) is 2.46. The van der Waals surface area contributed by atoms with Gasteiger partial charge >= 0.3 is 0 Å². The highest BCUT2D eigenvalue weighted by Crippen LogP contribution is 2.33. The number of aliphatic hydroxyl groups is 2. The first-order valence-corrected chi connectivity index (χ1v) is 10.2. The van der Waals surface area contributed by atoms with E-state index in [1.54, 1.807) is 0 Å². The van der Waals surface area contributed by atoms with Gasteiger partial charge in [0.2, 0.25) is 0 Å². The molecule has 1 rings (SSSR count). The number of nitrogens with zero attached hydrogens (tertiary/aromatic N) is 1. The van der Waals surface area contributed by atoms with Crippen molar-refractivity contribution in [3.63, 3.8) is 0 Å². The molecular weight excluding hydrogens is 314 g/mol. The monoisotopic (exact) mass is 343 g/mol. The molecule has 0 aliphatic heterocycles. The number of aryl methyl sites for hydroxylation is 1. The molecule has 0 atom stereocenters. The van der Waals surface area contributed by atoms with Gasteiger partial charge in [0.25, 0.3) is 0 Å². The standard InChI is InChI=1S/C17H29NO2S2/c1-17(2,22-21-4)13-18(3)7-5-6-14-8-15(11-19)10-16(9-14)12-20/h8-10,19-20H,5-7,11-13H2,1-4H3. The minimum atomic E-state index is 0.0286. The highest BCUT2D eigenvalue weighted by atomic mass is 33.1. The van der Waals surface area contributed by atoms with Crippen molar-refractivity contribution in [3.8, 4) is 0 Å². The minimum Gasteiger partial charge on any atom is -0.392 e. The van der Waals surface area contributed by atoms with Crippen LogP contribution >= 0.6 is 21.6 Å². The summed E-state index contributed by atoms with van der Waals surface area (Å²) < 4.78 is 0.259. The van der Waals surface area contributed by atoms with Crippen molar-refractivity contribution in [1.29, 1.82) is 0 Å². The second-order valence-electron chi connectivity index (χ2n) is 6.33. The molecule has 0 fully saturated rings. The fourth-order valence-electron chi connectivity index (χ4n) is 2.70. The van der Waals surface area contributed by atoms with Crippen LogP contribution in [0.2, 0.25) is 0 Å². The molecule has 3 nitrogen and oxygen atoms in total. The van der Waals surface area contributed by atoms with Crippen molar-refractivity contribution in [2.45, 2.75) is 44.6 Å². The molecule has 0 bridgehead atoms. The van der Waals surface area contributed by atoms with E-state index in [-0.39, 0.29) is 18.0 Å². The van der Waals surface area contributed by atoms with Gasteiger partial charge in [0, 0.05) is 11.3 Å². The number of hydrogen-bond acceptors (Lipinski definition) is 5. The molecule has 0 aliphatic rings. The second-order valence-corrected chi connectivity index (χ2v) is 9.43. The molecule has 0 aliphatic carbocycles. The zero-order valence-electron chi connectivity index (χ0n) is 14.1. The number of benzene rings is 1. The summed E-state index contributed by atoms with van der Waals surface area (Å²) in [6, 6.07) is 5.93. The molecule has 5 heteroatoms. The maximum absolute atomic E-state index is 9.28. The predicted molar refractivity (Wildman–Crippen MR) is 99.3 cm³/mol. The van der Waals surface area contributed by atoms with Crippen LogP contribution in [-0.4, -0.2) is 46.3 Å².